The molecule has 0 unspecified atom stereocenters. The number of hydrogen-bond acceptors (Lipinski definition) is 2. The minimum absolute atomic E-state index is 0. The summed E-state index contributed by atoms with van der Waals surface area (Å²) in [5.41, 5.74) is 0.588. The van der Waals surface area contributed by atoms with Gasteiger partial charge in [-0.3, -0.25) is 0 Å². The van der Waals surface area contributed by atoms with Crippen LogP contribution in [0.3, 0.4) is 0 Å². The van der Waals surface area contributed by atoms with Crippen molar-refractivity contribution in [3.8, 4) is 0 Å². The average Bonchev–Trinajstić information content (AvgIpc) is 2.05. The molecule has 0 atom stereocenters. The van der Waals surface area contributed by atoms with Crippen LogP contribution < -0.4 is 0 Å². The molecule has 0 saturated heterocycles. The standard InChI is InChI=1S/C8H8O2.Mg.2H/c1-10-8(9)7-5-3-2-4-6-7;;;/h2-6H,1H3;;;. The van der Waals surface area contributed by atoms with Crippen molar-refractivity contribution in [2.45, 2.75) is 0 Å². The number of hydrogen-bond donors (Lipinski definition) is 0. The summed E-state index contributed by atoms with van der Waals surface area (Å²) in [6.07, 6.45) is 0. The van der Waals surface area contributed by atoms with Crippen LogP contribution in [0.5, 0.6) is 0 Å². The molecule has 1 aromatic rings. The highest BCUT2D eigenvalue weighted by Crippen LogP contribution is 1.98. The Kier molecular flexibility index (Phi) is 4.90. The van der Waals surface area contributed by atoms with Crippen molar-refractivity contribution in [3.63, 3.8) is 0 Å². The van der Waals surface area contributed by atoms with Crippen LogP contribution in [-0.4, -0.2) is 36.1 Å². The van der Waals surface area contributed by atoms with Crippen molar-refractivity contribution in [3.05, 3.63) is 35.9 Å². The van der Waals surface area contributed by atoms with Gasteiger partial charge in [-0.05, 0) is 12.1 Å². The number of esters is 1. The van der Waals surface area contributed by atoms with Crippen molar-refractivity contribution in [1.29, 1.82) is 0 Å². The number of methoxy groups -OCH3 is 1. The largest absolute Gasteiger partial charge is 0.465 e. The van der Waals surface area contributed by atoms with Crippen molar-refractivity contribution < 1.29 is 9.53 Å². The highest BCUT2D eigenvalue weighted by atomic mass is 24.3. The fourth-order valence-corrected chi connectivity index (χ4v) is 0.692. The molecule has 0 radical (unpaired) electrons. The summed E-state index contributed by atoms with van der Waals surface area (Å²) in [5.74, 6) is -0.291. The van der Waals surface area contributed by atoms with Gasteiger partial charge in [-0.15, -0.1) is 0 Å². The van der Waals surface area contributed by atoms with E-state index >= 15 is 0 Å². The molecule has 56 valence electrons. The summed E-state index contributed by atoms with van der Waals surface area (Å²) in [6.45, 7) is 0. The van der Waals surface area contributed by atoms with E-state index in [-0.39, 0.29) is 29.0 Å². The van der Waals surface area contributed by atoms with Gasteiger partial charge in [0.2, 0.25) is 0 Å². The zero-order valence-electron chi connectivity index (χ0n) is 5.70. The van der Waals surface area contributed by atoms with Gasteiger partial charge in [-0.2, -0.15) is 0 Å². The third kappa shape index (κ3) is 2.90. The van der Waals surface area contributed by atoms with Crippen LogP contribution >= 0.6 is 0 Å². The zero-order valence-corrected chi connectivity index (χ0v) is 5.70. The number of ether oxygens (including phenoxy) is 1. The third-order valence-corrected chi connectivity index (χ3v) is 1.19. The van der Waals surface area contributed by atoms with Gasteiger partial charge < -0.3 is 4.74 Å². The Morgan fingerprint density at radius 2 is 1.82 bits per heavy atom. The molecule has 0 amide bonds. The maximum atomic E-state index is 10.8. The molecule has 0 aliphatic carbocycles. The molecule has 0 fully saturated rings. The van der Waals surface area contributed by atoms with E-state index < -0.39 is 0 Å². The lowest BCUT2D eigenvalue weighted by Crippen LogP contribution is -1.99. The van der Waals surface area contributed by atoms with Gasteiger partial charge in [-0.25, -0.2) is 4.79 Å². The van der Waals surface area contributed by atoms with E-state index in [0.717, 1.165) is 0 Å². The second-order valence-corrected chi connectivity index (χ2v) is 1.86. The SMILES string of the molecule is COC(=O)c1ccccc1.[MgH2]. The van der Waals surface area contributed by atoms with Crippen molar-refractivity contribution in [2.24, 2.45) is 0 Å². The summed E-state index contributed by atoms with van der Waals surface area (Å²) in [4.78, 5) is 10.8. The summed E-state index contributed by atoms with van der Waals surface area (Å²) in [6, 6.07) is 8.88. The van der Waals surface area contributed by atoms with E-state index in [1.165, 1.54) is 7.11 Å². The maximum absolute atomic E-state index is 10.8. The highest BCUT2D eigenvalue weighted by Gasteiger charge is 2.00. The van der Waals surface area contributed by atoms with Gasteiger partial charge in [-0.1, -0.05) is 18.2 Å². The molecular formula is C8H10MgO2. The normalized spacial score (nSPS) is 8.09. The molecular weight excluding hydrogens is 152 g/mol. The van der Waals surface area contributed by atoms with Crippen LogP contribution in [0.15, 0.2) is 30.3 Å². The molecule has 0 N–H and O–H groups in total. The van der Waals surface area contributed by atoms with Crippen LogP contribution in [0.1, 0.15) is 10.4 Å². The van der Waals surface area contributed by atoms with Crippen LogP contribution in [0.2, 0.25) is 0 Å². The molecule has 0 spiro atoms. The molecule has 3 heteroatoms. The minimum atomic E-state index is -0.291. The summed E-state index contributed by atoms with van der Waals surface area (Å²) < 4.78 is 4.50. The van der Waals surface area contributed by atoms with Crippen molar-refractivity contribution in [1.82, 2.24) is 0 Å². The maximum Gasteiger partial charge on any atom is 0.337 e. The lowest BCUT2D eigenvalue weighted by molar-refractivity contribution is 0.0601. The molecule has 0 aromatic heterocycles. The van der Waals surface area contributed by atoms with Gasteiger partial charge in [0.15, 0.2) is 0 Å². The van der Waals surface area contributed by atoms with E-state index in [9.17, 15) is 4.79 Å². The smallest absolute Gasteiger partial charge is 0.337 e. The molecule has 1 aromatic carbocycles. The first-order valence-electron chi connectivity index (χ1n) is 2.98. The van der Waals surface area contributed by atoms with Gasteiger partial charge in [0.1, 0.15) is 0 Å². The summed E-state index contributed by atoms with van der Waals surface area (Å²) in [5, 5.41) is 0. The summed E-state index contributed by atoms with van der Waals surface area (Å²) in [7, 11) is 1.37. The van der Waals surface area contributed by atoms with Gasteiger partial charge in [0.25, 0.3) is 0 Å². The molecule has 0 saturated carbocycles. The zero-order chi connectivity index (χ0) is 7.40. The third-order valence-electron chi connectivity index (χ3n) is 1.19. The lowest BCUT2D eigenvalue weighted by Gasteiger charge is -1.95. The predicted molar refractivity (Wildman–Crippen MR) is 46.3 cm³/mol. The van der Waals surface area contributed by atoms with E-state index in [1.54, 1.807) is 24.3 Å². The average molecular weight is 162 g/mol. The van der Waals surface area contributed by atoms with E-state index in [0.29, 0.717) is 5.56 Å². The first-order chi connectivity index (χ1) is 4.84. The first-order valence-corrected chi connectivity index (χ1v) is 2.98. The van der Waals surface area contributed by atoms with Crippen LogP contribution in [0.4, 0.5) is 0 Å². The van der Waals surface area contributed by atoms with Gasteiger partial charge in [0, 0.05) is 0 Å². The van der Waals surface area contributed by atoms with E-state index in [1.807, 2.05) is 6.07 Å². The highest BCUT2D eigenvalue weighted by molar-refractivity contribution is 5.89. The van der Waals surface area contributed by atoms with Gasteiger partial charge >= 0.3 is 29.0 Å². The Morgan fingerprint density at radius 3 is 2.27 bits per heavy atom. The predicted octanol–water partition coefficient (Wildman–Crippen LogP) is 0.557. The van der Waals surface area contributed by atoms with Crippen LogP contribution in [0.25, 0.3) is 0 Å². The lowest BCUT2D eigenvalue weighted by atomic mass is 10.2. The first kappa shape index (κ1) is 10.5. The molecule has 11 heavy (non-hydrogen) atoms. The molecule has 0 aliphatic heterocycles. The van der Waals surface area contributed by atoms with E-state index in [2.05, 4.69) is 4.74 Å². The van der Waals surface area contributed by atoms with E-state index in [4.69, 9.17) is 0 Å². The monoisotopic (exact) mass is 162 g/mol. The molecule has 1 rings (SSSR count). The number of carbonyl (C=O) groups excluding carboxylic acids is 1. The Hall–Kier alpha value is -0.544. The fraction of sp³-hybridized carbons (Fsp3) is 0.125. The molecule has 0 heterocycles. The fourth-order valence-electron chi connectivity index (χ4n) is 0.692. The number of carbonyl (C=O) groups is 1. The molecule has 0 aliphatic rings. The Balaban J connectivity index is 0.000001000. The molecule has 0 bridgehead atoms. The Morgan fingerprint density at radius 1 is 1.27 bits per heavy atom. The number of benzene rings is 1. The quantitative estimate of drug-likeness (QED) is 0.446. The van der Waals surface area contributed by atoms with Crippen LogP contribution in [0, 0.1) is 0 Å². The molecule has 2 nitrogen and oxygen atoms in total. The van der Waals surface area contributed by atoms with Crippen molar-refractivity contribution >= 4 is 29.0 Å². The van der Waals surface area contributed by atoms with Crippen molar-refractivity contribution in [2.75, 3.05) is 7.11 Å². The van der Waals surface area contributed by atoms with Crippen LogP contribution in [-0.2, 0) is 4.74 Å². The topological polar surface area (TPSA) is 26.3 Å². The Labute approximate surface area is 81.7 Å². The van der Waals surface area contributed by atoms with Gasteiger partial charge in [0.05, 0.1) is 12.7 Å². The number of rotatable bonds is 1. The second-order valence-electron chi connectivity index (χ2n) is 1.86. The second kappa shape index (κ2) is 5.15. The summed E-state index contributed by atoms with van der Waals surface area (Å²) >= 11 is 0. The minimum Gasteiger partial charge on any atom is -0.465 e. The Bertz CT molecular complexity index is 221.